The van der Waals surface area contributed by atoms with Gasteiger partial charge in [0.2, 0.25) is 5.91 Å². The zero-order valence-electron chi connectivity index (χ0n) is 23.3. The molecule has 0 aromatic heterocycles. The van der Waals surface area contributed by atoms with Crippen molar-refractivity contribution < 1.29 is 24.2 Å². The lowest BCUT2D eigenvalue weighted by Gasteiger charge is -2.37. The Morgan fingerprint density at radius 2 is 1.82 bits per heavy atom. The van der Waals surface area contributed by atoms with E-state index in [1.54, 1.807) is 27.6 Å². The highest BCUT2D eigenvalue weighted by atomic mass is 32.2. The largest absolute Gasteiger partial charge is 0.461 e. The monoisotopic (exact) mass is 555 g/mol. The minimum Gasteiger partial charge on any atom is -0.461 e. The molecule has 9 heteroatoms. The lowest BCUT2D eigenvalue weighted by molar-refractivity contribution is -0.154. The van der Waals surface area contributed by atoms with Crippen LogP contribution in [0.4, 0.5) is 11.4 Å². The van der Waals surface area contributed by atoms with Crippen LogP contribution in [0.2, 0.25) is 0 Å². The summed E-state index contributed by atoms with van der Waals surface area (Å²) in [6, 6.07) is 7.15. The zero-order chi connectivity index (χ0) is 28.4. The number of esters is 1. The molecule has 4 rings (SSSR count). The molecule has 0 radical (unpaired) electrons. The number of aliphatic hydroxyl groups excluding tert-OH is 1. The summed E-state index contributed by atoms with van der Waals surface area (Å²) < 4.78 is 4.24. The van der Waals surface area contributed by atoms with Crippen LogP contribution in [-0.2, 0) is 19.1 Å². The van der Waals surface area contributed by atoms with E-state index in [0.29, 0.717) is 19.3 Å². The Bertz CT molecular complexity index is 1110. The average molecular weight is 556 g/mol. The van der Waals surface area contributed by atoms with Crippen molar-refractivity contribution in [2.24, 2.45) is 11.8 Å². The molecule has 2 unspecified atom stereocenters. The topological polar surface area (TPSA) is 90.4 Å². The molecule has 0 saturated carbocycles. The first-order valence-electron chi connectivity index (χ1n) is 13.9. The predicted octanol–water partition coefficient (Wildman–Crippen LogP) is 3.64. The van der Waals surface area contributed by atoms with Gasteiger partial charge in [0.15, 0.2) is 0 Å². The third kappa shape index (κ3) is 4.88. The van der Waals surface area contributed by atoms with Crippen molar-refractivity contribution in [2.75, 3.05) is 49.2 Å². The molecule has 1 N–H and O–H groups in total. The van der Waals surface area contributed by atoms with Crippen molar-refractivity contribution in [3.63, 3.8) is 0 Å². The quantitative estimate of drug-likeness (QED) is 0.294. The molecule has 8 nitrogen and oxygen atoms in total. The first-order valence-corrected chi connectivity index (χ1v) is 14.7. The molecule has 3 heterocycles. The molecule has 1 aromatic rings. The summed E-state index contributed by atoms with van der Waals surface area (Å²) >= 11 is 1.61. The molecule has 3 aliphatic rings. The number of thioether (sulfide) groups is 1. The highest BCUT2D eigenvalue weighted by Crippen LogP contribution is 2.71. The fourth-order valence-corrected chi connectivity index (χ4v) is 9.15. The number of hydrogen-bond acceptors (Lipinski definition) is 7. The van der Waals surface area contributed by atoms with Gasteiger partial charge in [-0.05, 0) is 64.3 Å². The normalized spacial score (nSPS) is 28.8. The summed E-state index contributed by atoms with van der Waals surface area (Å²) in [7, 11) is 0. The van der Waals surface area contributed by atoms with Gasteiger partial charge in [0.05, 0.1) is 16.6 Å². The number of carbonyl (C=O) groups is 3. The summed E-state index contributed by atoms with van der Waals surface area (Å²) in [5.74, 6) is -2.08. The van der Waals surface area contributed by atoms with E-state index in [0.717, 1.165) is 24.5 Å². The fraction of sp³-hybridized carbons (Fsp3) is 0.567. The SMILES string of the molecule is C=CCOC(=O)[C@H]1[C@H]2C(=O)N(CCCO)C(C(=O)N(CC=C)c3ccc(N(CC)CC)cc3)C23CC[C@]1(C)S3. The van der Waals surface area contributed by atoms with Crippen LogP contribution in [0.5, 0.6) is 0 Å². The number of aliphatic hydroxyl groups is 1. The molecule has 1 spiro atoms. The number of rotatable bonds is 13. The average Bonchev–Trinajstić information content (AvgIpc) is 3.50. The van der Waals surface area contributed by atoms with Gasteiger partial charge in [-0.25, -0.2) is 0 Å². The molecular formula is C30H41N3O5S. The third-order valence-corrected chi connectivity index (χ3v) is 10.5. The standard InChI is InChI=1S/C30H41N3O5S/c1-6-17-32(22-13-11-21(12-14-22)31(8-3)9-4)27(36)25-30-16-15-29(5,39-30)24(28(37)38-20-7-2)23(30)26(35)33(25)18-10-19-34/h6-7,11-14,23-25,34H,1-2,8-10,15-20H2,3-5H3/t23-,24+,25?,29-,30?/m0/s1. The van der Waals surface area contributed by atoms with Gasteiger partial charge in [-0.15, -0.1) is 18.3 Å². The molecule has 3 saturated heterocycles. The van der Waals surface area contributed by atoms with E-state index in [-0.39, 0.29) is 38.1 Å². The van der Waals surface area contributed by atoms with Crippen molar-refractivity contribution in [1.29, 1.82) is 0 Å². The van der Waals surface area contributed by atoms with Gasteiger partial charge >= 0.3 is 5.97 Å². The number of likely N-dealkylation sites (tertiary alicyclic amines) is 1. The van der Waals surface area contributed by atoms with Crippen LogP contribution >= 0.6 is 11.8 Å². The fourth-order valence-electron chi connectivity index (χ4n) is 6.81. The summed E-state index contributed by atoms with van der Waals surface area (Å²) in [6.07, 6.45) is 4.94. The molecule has 2 amide bonds. The van der Waals surface area contributed by atoms with Crippen LogP contribution in [-0.4, -0.2) is 82.7 Å². The van der Waals surface area contributed by atoms with E-state index < -0.39 is 33.3 Å². The summed E-state index contributed by atoms with van der Waals surface area (Å²) in [6.45, 7) is 16.0. The maximum absolute atomic E-state index is 14.5. The Balaban J connectivity index is 1.74. The summed E-state index contributed by atoms with van der Waals surface area (Å²) in [5, 5.41) is 9.59. The van der Waals surface area contributed by atoms with Crippen molar-refractivity contribution in [2.45, 2.75) is 55.6 Å². The number of hydrogen-bond donors (Lipinski definition) is 1. The van der Waals surface area contributed by atoms with E-state index >= 15 is 0 Å². The second-order valence-corrected chi connectivity index (χ2v) is 12.6. The first kappa shape index (κ1) is 29.2. The van der Waals surface area contributed by atoms with Gasteiger partial charge in [0.1, 0.15) is 12.6 Å². The molecular weight excluding hydrogens is 514 g/mol. The maximum Gasteiger partial charge on any atom is 0.311 e. The van der Waals surface area contributed by atoms with Crippen molar-refractivity contribution in [1.82, 2.24) is 4.90 Å². The number of amides is 2. The van der Waals surface area contributed by atoms with Crippen LogP contribution < -0.4 is 9.80 Å². The molecule has 5 atom stereocenters. The molecule has 212 valence electrons. The van der Waals surface area contributed by atoms with Crippen LogP contribution in [0.25, 0.3) is 0 Å². The van der Waals surface area contributed by atoms with Gasteiger partial charge in [0.25, 0.3) is 5.91 Å². The van der Waals surface area contributed by atoms with Gasteiger partial charge in [0, 0.05) is 48.9 Å². The van der Waals surface area contributed by atoms with Gasteiger partial charge in [-0.2, -0.15) is 0 Å². The Morgan fingerprint density at radius 3 is 2.41 bits per heavy atom. The Morgan fingerprint density at radius 1 is 1.15 bits per heavy atom. The van der Waals surface area contributed by atoms with E-state index in [9.17, 15) is 19.5 Å². The lowest BCUT2D eigenvalue weighted by Crippen LogP contribution is -2.55. The highest BCUT2D eigenvalue weighted by Gasteiger charge is 2.77. The number of nitrogens with zero attached hydrogens (tertiary/aromatic N) is 3. The van der Waals surface area contributed by atoms with E-state index in [4.69, 9.17) is 4.74 Å². The number of benzene rings is 1. The van der Waals surface area contributed by atoms with Crippen molar-refractivity contribution in [3.05, 3.63) is 49.6 Å². The minimum atomic E-state index is -0.756. The smallest absolute Gasteiger partial charge is 0.311 e. The second-order valence-electron chi connectivity index (χ2n) is 10.7. The van der Waals surface area contributed by atoms with Gasteiger partial charge in [-0.3, -0.25) is 14.4 Å². The highest BCUT2D eigenvalue weighted by molar-refractivity contribution is 8.02. The van der Waals surface area contributed by atoms with Crippen LogP contribution in [0.3, 0.4) is 0 Å². The number of anilines is 2. The van der Waals surface area contributed by atoms with Crippen molar-refractivity contribution in [3.8, 4) is 0 Å². The zero-order valence-corrected chi connectivity index (χ0v) is 24.1. The molecule has 3 aliphatic heterocycles. The van der Waals surface area contributed by atoms with Crippen LogP contribution in [0.1, 0.15) is 40.0 Å². The molecule has 2 bridgehead atoms. The number of ether oxygens (including phenoxy) is 1. The molecule has 1 aromatic carbocycles. The predicted molar refractivity (Wildman–Crippen MR) is 156 cm³/mol. The van der Waals surface area contributed by atoms with E-state index in [1.807, 2.05) is 31.2 Å². The Kier molecular flexibility index (Phi) is 8.81. The van der Waals surface area contributed by atoms with E-state index in [1.165, 1.54) is 6.08 Å². The summed E-state index contributed by atoms with van der Waals surface area (Å²) in [4.78, 5) is 47.4. The van der Waals surface area contributed by atoms with Crippen LogP contribution in [0, 0.1) is 11.8 Å². The first-order chi connectivity index (χ1) is 18.7. The van der Waals surface area contributed by atoms with Gasteiger partial charge in [-0.1, -0.05) is 18.7 Å². The lowest BCUT2D eigenvalue weighted by atomic mass is 9.66. The Labute approximate surface area is 236 Å². The molecule has 0 aliphatic carbocycles. The van der Waals surface area contributed by atoms with E-state index in [2.05, 4.69) is 31.9 Å². The van der Waals surface area contributed by atoms with Crippen LogP contribution in [0.15, 0.2) is 49.6 Å². The number of carbonyl (C=O) groups excluding carboxylic acids is 3. The Hall–Kier alpha value is -2.78. The molecule has 39 heavy (non-hydrogen) atoms. The molecule has 3 fully saturated rings. The third-order valence-electron chi connectivity index (χ3n) is 8.53. The second kappa shape index (κ2) is 11.8. The maximum atomic E-state index is 14.5. The van der Waals surface area contributed by atoms with Gasteiger partial charge < -0.3 is 24.5 Å². The number of fused-ring (bicyclic) bond motifs is 1. The van der Waals surface area contributed by atoms with Crippen molar-refractivity contribution >= 4 is 40.9 Å². The summed E-state index contributed by atoms with van der Waals surface area (Å²) in [5.41, 5.74) is 1.81. The minimum absolute atomic E-state index is 0.0805.